The lowest BCUT2D eigenvalue weighted by Gasteiger charge is -2.10. The fraction of sp³-hybridized carbons (Fsp3) is 0.417. The third kappa shape index (κ3) is 1.68. The predicted octanol–water partition coefficient (Wildman–Crippen LogP) is 3.29. The minimum atomic E-state index is -0.254. The molecule has 1 aliphatic rings. The summed E-state index contributed by atoms with van der Waals surface area (Å²) in [5.41, 5.74) is 7.58. The van der Waals surface area contributed by atoms with Crippen molar-refractivity contribution in [3.8, 4) is 0 Å². The summed E-state index contributed by atoms with van der Waals surface area (Å²) in [7, 11) is 0. The standard InChI is InChI=1S/C12H13BrFN3/c1-6(15)12-16-9-5-4-8(14)10(13)11(9)17(12)7-2-3-7/h4-7H,2-3,15H2,1H3. The summed E-state index contributed by atoms with van der Waals surface area (Å²) in [6.07, 6.45) is 2.24. The van der Waals surface area contributed by atoms with Gasteiger partial charge in [-0.25, -0.2) is 9.37 Å². The van der Waals surface area contributed by atoms with Crippen molar-refractivity contribution in [2.45, 2.75) is 31.8 Å². The number of imidazole rings is 1. The Labute approximate surface area is 107 Å². The monoisotopic (exact) mass is 297 g/mol. The van der Waals surface area contributed by atoms with Crippen molar-refractivity contribution < 1.29 is 4.39 Å². The normalized spacial score (nSPS) is 17.6. The van der Waals surface area contributed by atoms with Crippen LogP contribution in [0.5, 0.6) is 0 Å². The van der Waals surface area contributed by atoms with E-state index < -0.39 is 0 Å². The van der Waals surface area contributed by atoms with E-state index in [0.29, 0.717) is 10.5 Å². The zero-order valence-corrected chi connectivity index (χ0v) is 11.0. The maximum absolute atomic E-state index is 13.6. The van der Waals surface area contributed by atoms with Gasteiger partial charge in [0.15, 0.2) is 0 Å². The van der Waals surface area contributed by atoms with E-state index in [4.69, 9.17) is 5.73 Å². The van der Waals surface area contributed by atoms with E-state index in [-0.39, 0.29) is 11.9 Å². The van der Waals surface area contributed by atoms with Gasteiger partial charge in [0.1, 0.15) is 11.6 Å². The number of nitrogens with zero attached hydrogens (tertiary/aromatic N) is 2. The van der Waals surface area contributed by atoms with Gasteiger partial charge in [-0.3, -0.25) is 0 Å². The Morgan fingerprint density at radius 1 is 1.53 bits per heavy atom. The third-order valence-corrected chi connectivity index (χ3v) is 3.84. The highest BCUT2D eigenvalue weighted by Crippen LogP contribution is 2.41. The van der Waals surface area contributed by atoms with Gasteiger partial charge in [0.2, 0.25) is 0 Å². The van der Waals surface area contributed by atoms with Crippen LogP contribution in [0.1, 0.15) is 37.7 Å². The summed E-state index contributed by atoms with van der Waals surface area (Å²) in [5.74, 6) is 0.587. The lowest BCUT2D eigenvalue weighted by Crippen LogP contribution is -2.12. The molecule has 0 saturated heterocycles. The van der Waals surface area contributed by atoms with Crippen molar-refractivity contribution in [1.82, 2.24) is 9.55 Å². The molecule has 2 N–H and O–H groups in total. The maximum atomic E-state index is 13.6. The van der Waals surface area contributed by atoms with Crippen LogP contribution in [0.25, 0.3) is 11.0 Å². The highest BCUT2D eigenvalue weighted by molar-refractivity contribution is 9.10. The first kappa shape index (κ1) is 11.2. The minimum absolute atomic E-state index is 0.141. The molecule has 1 aromatic heterocycles. The van der Waals surface area contributed by atoms with Gasteiger partial charge in [-0.2, -0.15) is 0 Å². The topological polar surface area (TPSA) is 43.8 Å². The van der Waals surface area contributed by atoms with Gasteiger partial charge >= 0.3 is 0 Å². The van der Waals surface area contributed by atoms with E-state index in [0.717, 1.165) is 29.7 Å². The number of hydrogen-bond acceptors (Lipinski definition) is 2. The highest BCUT2D eigenvalue weighted by atomic mass is 79.9. The van der Waals surface area contributed by atoms with Crippen LogP contribution in [-0.4, -0.2) is 9.55 Å². The molecule has 1 atom stereocenters. The summed E-state index contributed by atoms with van der Waals surface area (Å²) in [4.78, 5) is 4.52. The number of nitrogens with two attached hydrogens (primary N) is 1. The van der Waals surface area contributed by atoms with Crippen molar-refractivity contribution in [2.24, 2.45) is 5.73 Å². The fourth-order valence-electron chi connectivity index (χ4n) is 2.16. The maximum Gasteiger partial charge on any atom is 0.139 e. The van der Waals surface area contributed by atoms with Gasteiger partial charge in [0.25, 0.3) is 0 Å². The molecule has 90 valence electrons. The van der Waals surface area contributed by atoms with Gasteiger partial charge in [-0.05, 0) is 47.8 Å². The van der Waals surface area contributed by atoms with Gasteiger partial charge in [-0.1, -0.05) is 0 Å². The number of aromatic nitrogens is 2. The second-order valence-corrected chi connectivity index (χ2v) is 5.38. The minimum Gasteiger partial charge on any atom is -0.323 e. The van der Waals surface area contributed by atoms with Crippen molar-refractivity contribution in [3.05, 3.63) is 28.2 Å². The Morgan fingerprint density at radius 3 is 2.82 bits per heavy atom. The number of hydrogen-bond donors (Lipinski definition) is 1. The number of rotatable bonds is 2. The Bertz CT molecular complexity index is 587. The summed E-state index contributed by atoms with van der Waals surface area (Å²) in [6, 6.07) is 3.43. The van der Waals surface area contributed by atoms with E-state index in [9.17, 15) is 4.39 Å². The van der Waals surface area contributed by atoms with E-state index in [1.165, 1.54) is 6.07 Å². The summed E-state index contributed by atoms with van der Waals surface area (Å²) < 4.78 is 16.2. The van der Waals surface area contributed by atoms with Crippen molar-refractivity contribution >= 4 is 27.0 Å². The van der Waals surface area contributed by atoms with Crippen molar-refractivity contribution in [3.63, 3.8) is 0 Å². The van der Waals surface area contributed by atoms with Gasteiger partial charge in [0, 0.05) is 6.04 Å². The van der Waals surface area contributed by atoms with Crippen LogP contribution in [-0.2, 0) is 0 Å². The van der Waals surface area contributed by atoms with E-state index in [1.54, 1.807) is 6.07 Å². The summed E-state index contributed by atoms with van der Waals surface area (Å²) >= 11 is 3.31. The van der Waals surface area contributed by atoms with Gasteiger partial charge < -0.3 is 10.3 Å². The van der Waals surface area contributed by atoms with E-state index in [1.807, 2.05) is 6.92 Å². The SMILES string of the molecule is CC(N)c1nc2ccc(F)c(Br)c2n1C1CC1. The van der Waals surface area contributed by atoms with Crippen LogP contribution in [0.15, 0.2) is 16.6 Å². The summed E-state index contributed by atoms with van der Waals surface area (Å²) in [5, 5.41) is 0. The predicted molar refractivity (Wildman–Crippen MR) is 68.3 cm³/mol. The van der Waals surface area contributed by atoms with Crippen LogP contribution in [0.3, 0.4) is 0 Å². The molecule has 5 heteroatoms. The van der Waals surface area contributed by atoms with Crippen LogP contribution >= 0.6 is 15.9 Å². The van der Waals surface area contributed by atoms with Crippen LogP contribution in [0, 0.1) is 5.82 Å². The molecule has 0 spiro atoms. The molecular weight excluding hydrogens is 285 g/mol. The Balaban J connectivity index is 2.36. The molecule has 1 saturated carbocycles. The first-order chi connectivity index (χ1) is 8.09. The Kier molecular flexibility index (Phi) is 2.48. The van der Waals surface area contributed by atoms with E-state index in [2.05, 4.69) is 25.5 Å². The van der Waals surface area contributed by atoms with Gasteiger partial charge in [0.05, 0.1) is 21.5 Å². The second-order valence-electron chi connectivity index (χ2n) is 4.59. The Hall–Kier alpha value is -0.940. The highest BCUT2D eigenvalue weighted by Gasteiger charge is 2.30. The number of fused-ring (bicyclic) bond motifs is 1. The smallest absolute Gasteiger partial charge is 0.139 e. The fourth-order valence-corrected chi connectivity index (χ4v) is 2.69. The molecule has 3 rings (SSSR count). The zero-order valence-electron chi connectivity index (χ0n) is 9.45. The molecule has 1 aromatic carbocycles. The average molecular weight is 298 g/mol. The molecular formula is C12H13BrFN3. The molecule has 1 unspecified atom stereocenters. The second kappa shape index (κ2) is 3.78. The summed E-state index contributed by atoms with van der Waals surface area (Å²) in [6.45, 7) is 1.91. The van der Waals surface area contributed by atoms with Crippen molar-refractivity contribution in [1.29, 1.82) is 0 Å². The molecule has 0 aliphatic heterocycles. The molecule has 1 fully saturated rings. The quantitative estimate of drug-likeness (QED) is 0.924. The molecule has 1 aliphatic carbocycles. The molecule has 17 heavy (non-hydrogen) atoms. The van der Waals surface area contributed by atoms with Crippen LogP contribution in [0.4, 0.5) is 4.39 Å². The lowest BCUT2D eigenvalue weighted by molar-refractivity contribution is 0.616. The molecule has 0 amide bonds. The van der Waals surface area contributed by atoms with Gasteiger partial charge in [-0.15, -0.1) is 0 Å². The average Bonchev–Trinajstić information content (AvgIpc) is 3.04. The van der Waals surface area contributed by atoms with Crippen LogP contribution < -0.4 is 5.73 Å². The first-order valence-corrected chi connectivity index (χ1v) is 6.50. The zero-order chi connectivity index (χ0) is 12.2. The molecule has 1 heterocycles. The number of benzene rings is 1. The first-order valence-electron chi connectivity index (χ1n) is 5.71. The lowest BCUT2D eigenvalue weighted by atomic mass is 10.3. The van der Waals surface area contributed by atoms with Crippen LogP contribution in [0.2, 0.25) is 0 Å². The van der Waals surface area contributed by atoms with E-state index >= 15 is 0 Å². The molecule has 0 bridgehead atoms. The third-order valence-electron chi connectivity index (χ3n) is 3.09. The van der Waals surface area contributed by atoms with Crippen molar-refractivity contribution in [2.75, 3.05) is 0 Å². The number of halogens is 2. The molecule has 2 aromatic rings. The largest absolute Gasteiger partial charge is 0.323 e. The molecule has 3 nitrogen and oxygen atoms in total. The molecule has 0 radical (unpaired) electrons. The Morgan fingerprint density at radius 2 is 2.24 bits per heavy atom.